The molecule has 0 bridgehead atoms. The molecule has 0 radical (unpaired) electrons. The largest absolute Gasteiger partial charge is 0.296 e. The maximum atomic E-state index is 5.33. The van der Waals surface area contributed by atoms with E-state index in [-0.39, 0.29) is 0 Å². The number of aromatic nitrogens is 5. The first kappa shape index (κ1) is 10.9. The van der Waals surface area contributed by atoms with Crippen molar-refractivity contribution in [2.75, 3.05) is 0 Å². The lowest BCUT2D eigenvalue weighted by molar-refractivity contribution is 0.727. The Morgan fingerprint density at radius 1 is 1.32 bits per heavy atom. The molecule has 96 valence electrons. The number of hydrogen-bond donors (Lipinski definition) is 1. The molecule has 0 amide bonds. The van der Waals surface area contributed by atoms with Gasteiger partial charge in [-0.3, -0.25) is 14.3 Å². The number of rotatable bonds is 2. The fourth-order valence-corrected chi connectivity index (χ4v) is 2.80. The minimum absolute atomic E-state index is 0.488. The first-order valence-electron chi connectivity index (χ1n) is 6.35. The van der Waals surface area contributed by atoms with Crippen molar-refractivity contribution in [3.8, 4) is 11.5 Å². The van der Waals surface area contributed by atoms with Crippen LogP contribution in [0.25, 0.3) is 22.4 Å². The van der Waals surface area contributed by atoms with Gasteiger partial charge in [0.2, 0.25) is 0 Å². The zero-order chi connectivity index (χ0) is 13.0. The Kier molecular flexibility index (Phi) is 2.17. The summed E-state index contributed by atoms with van der Waals surface area (Å²) in [6, 6.07) is 8.67. The van der Waals surface area contributed by atoms with Gasteiger partial charge in [0.1, 0.15) is 5.69 Å². The molecule has 19 heavy (non-hydrogen) atoms. The minimum Gasteiger partial charge on any atom is -0.296 e. The molecular formula is C13H13N5S. The summed E-state index contributed by atoms with van der Waals surface area (Å²) in [6.45, 7) is 0. The molecule has 3 aromatic rings. The number of fused-ring (bicyclic) bond motifs is 1. The van der Waals surface area contributed by atoms with Crippen LogP contribution in [0.3, 0.4) is 0 Å². The van der Waals surface area contributed by atoms with Crippen molar-refractivity contribution < 1.29 is 0 Å². The zero-order valence-electron chi connectivity index (χ0n) is 10.5. The summed E-state index contributed by atoms with van der Waals surface area (Å²) in [7, 11) is 1.95. The Balaban J connectivity index is 2.03. The summed E-state index contributed by atoms with van der Waals surface area (Å²) in [5.74, 6) is 0.851. The van der Waals surface area contributed by atoms with Crippen LogP contribution in [0.4, 0.5) is 0 Å². The number of nitrogens with one attached hydrogen (secondary N) is 1. The molecule has 1 saturated carbocycles. The summed E-state index contributed by atoms with van der Waals surface area (Å²) in [5.41, 5.74) is 2.01. The van der Waals surface area contributed by atoms with Crippen LogP contribution in [0.15, 0.2) is 24.3 Å². The van der Waals surface area contributed by atoms with E-state index in [9.17, 15) is 0 Å². The van der Waals surface area contributed by atoms with Crippen LogP contribution in [-0.2, 0) is 7.05 Å². The third-order valence-corrected chi connectivity index (χ3v) is 3.87. The molecular weight excluding hydrogens is 258 g/mol. The lowest BCUT2D eigenvalue weighted by Gasteiger charge is -2.02. The first-order valence-corrected chi connectivity index (χ1v) is 6.75. The monoisotopic (exact) mass is 271 g/mol. The van der Waals surface area contributed by atoms with E-state index >= 15 is 0 Å². The topological polar surface area (TPSA) is 51.4 Å². The standard InChI is InChI=1S/C13H13N5S/c1-17-10-5-3-2-4-9(10)11(16-17)12-14-15-13(19)18(12)8-6-7-8/h2-5,8H,6-7H2,1H3,(H,15,19). The van der Waals surface area contributed by atoms with Gasteiger partial charge in [-0.05, 0) is 31.1 Å². The number of aryl methyl sites for hydroxylation is 1. The van der Waals surface area contributed by atoms with Crippen LogP contribution in [-0.4, -0.2) is 24.5 Å². The van der Waals surface area contributed by atoms with Gasteiger partial charge < -0.3 is 0 Å². The molecule has 6 heteroatoms. The Morgan fingerprint density at radius 3 is 2.89 bits per heavy atom. The molecule has 2 aromatic heterocycles. The van der Waals surface area contributed by atoms with Crippen LogP contribution in [0.5, 0.6) is 0 Å². The van der Waals surface area contributed by atoms with Gasteiger partial charge in [-0.1, -0.05) is 18.2 Å². The molecule has 0 saturated heterocycles. The third-order valence-electron chi connectivity index (χ3n) is 3.59. The van der Waals surface area contributed by atoms with Crippen molar-refractivity contribution in [3.05, 3.63) is 29.0 Å². The number of H-pyrrole nitrogens is 1. The van der Waals surface area contributed by atoms with Crippen molar-refractivity contribution in [3.63, 3.8) is 0 Å². The molecule has 0 atom stereocenters. The molecule has 0 aliphatic heterocycles. The second-order valence-corrected chi connectivity index (χ2v) is 5.33. The molecule has 1 aliphatic carbocycles. The quantitative estimate of drug-likeness (QED) is 0.729. The lowest BCUT2D eigenvalue weighted by Crippen LogP contribution is -1.99. The highest BCUT2D eigenvalue weighted by atomic mass is 32.1. The molecule has 2 heterocycles. The Labute approximate surface area is 114 Å². The maximum Gasteiger partial charge on any atom is 0.195 e. The van der Waals surface area contributed by atoms with Gasteiger partial charge in [0.05, 0.1) is 5.52 Å². The third kappa shape index (κ3) is 1.56. The average molecular weight is 271 g/mol. The van der Waals surface area contributed by atoms with E-state index in [1.54, 1.807) is 0 Å². The number of benzene rings is 1. The smallest absolute Gasteiger partial charge is 0.195 e. The van der Waals surface area contributed by atoms with Crippen LogP contribution < -0.4 is 0 Å². The van der Waals surface area contributed by atoms with E-state index < -0.39 is 0 Å². The van der Waals surface area contributed by atoms with Gasteiger partial charge in [0.15, 0.2) is 10.6 Å². The fourth-order valence-electron chi connectivity index (χ4n) is 2.52. The van der Waals surface area contributed by atoms with E-state index in [0.717, 1.165) is 22.4 Å². The van der Waals surface area contributed by atoms with Crippen LogP contribution in [0.2, 0.25) is 0 Å². The summed E-state index contributed by atoms with van der Waals surface area (Å²) in [6.07, 6.45) is 2.34. The van der Waals surface area contributed by atoms with E-state index in [0.29, 0.717) is 10.8 Å². The van der Waals surface area contributed by atoms with E-state index in [1.807, 2.05) is 23.9 Å². The minimum atomic E-state index is 0.488. The molecule has 1 aromatic carbocycles. The SMILES string of the molecule is Cn1nc(-c2n[nH]c(=S)n2C2CC2)c2ccccc21. The van der Waals surface area contributed by atoms with E-state index in [1.165, 1.54) is 12.8 Å². The summed E-state index contributed by atoms with van der Waals surface area (Å²) in [4.78, 5) is 0. The summed E-state index contributed by atoms with van der Waals surface area (Å²) >= 11 is 5.33. The average Bonchev–Trinajstić information content (AvgIpc) is 3.11. The van der Waals surface area contributed by atoms with E-state index in [4.69, 9.17) is 12.2 Å². The predicted octanol–water partition coefficient (Wildman–Crippen LogP) is 2.83. The van der Waals surface area contributed by atoms with Gasteiger partial charge >= 0.3 is 0 Å². The molecule has 0 unspecified atom stereocenters. The second-order valence-electron chi connectivity index (χ2n) is 4.94. The van der Waals surface area contributed by atoms with Gasteiger partial charge in [-0.2, -0.15) is 10.2 Å². The highest BCUT2D eigenvalue weighted by Crippen LogP contribution is 2.38. The maximum absolute atomic E-state index is 5.33. The molecule has 0 spiro atoms. The first-order chi connectivity index (χ1) is 9.25. The molecule has 5 nitrogen and oxygen atoms in total. The van der Waals surface area contributed by atoms with Crippen molar-refractivity contribution in [1.29, 1.82) is 0 Å². The Bertz CT molecular complexity index is 821. The highest BCUT2D eigenvalue weighted by molar-refractivity contribution is 7.71. The van der Waals surface area contributed by atoms with Gasteiger partial charge in [-0.15, -0.1) is 0 Å². The zero-order valence-corrected chi connectivity index (χ0v) is 11.3. The summed E-state index contributed by atoms with van der Waals surface area (Å²) < 4.78 is 4.68. The number of para-hydroxylation sites is 1. The number of aromatic amines is 1. The van der Waals surface area contributed by atoms with Crippen molar-refractivity contribution in [2.24, 2.45) is 7.05 Å². The molecule has 1 N–H and O–H groups in total. The Morgan fingerprint density at radius 2 is 2.11 bits per heavy atom. The van der Waals surface area contributed by atoms with Crippen molar-refractivity contribution >= 4 is 23.1 Å². The van der Waals surface area contributed by atoms with Gasteiger partial charge in [0.25, 0.3) is 0 Å². The van der Waals surface area contributed by atoms with Crippen molar-refractivity contribution in [2.45, 2.75) is 18.9 Å². The fraction of sp³-hybridized carbons (Fsp3) is 0.308. The van der Waals surface area contributed by atoms with Crippen molar-refractivity contribution in [1.82, 2.24) is 24.5 Å². The molecule has 1 aliphatic rings. The second kappa shape index (κ2) is 3.77. The Hall–Kier alpha value is -1.95. The highest BCUT2D eigenvalue weighted by Gasteiger charge is 2.29. The van der Waals surface area contributed by atoms with E-state index in [2.05, 4.69) is 32.0 Å². The summed E-state index contributed by atoms with van der Waals surface area (Å²) in [5, 5.41) is 13.0. The molecule has 4 rings (SSSR count). The predicted molar refractivity (Wildman–Crippen MR) is 75.4 cm³/mol. The molecule has 1 fully saturated rings. The van der Waals surface area contributed by atoms with Gasteiger partial charge in [-0.25, -0.2) is 0 Å². The van der Waals surface area contributed by atoms with Crippen LogP contribution >= 0.6 is 12.2 Å². The number of nitrogens with zero attached hydrogens (tertiary/aromatic N) is 4. The normalized spacial score (nSPS) is 15.2. The van der Waals surface area contributed by atoms with Crippen LogP contribution in [0, 0.1) is 4.77 Å². The van der Waals surface area contributed by atoms with Crippen LogP contribution in [0.1, 0.15) is 18.9 Å². The number of hydrogen-bond acceptors (Lipinski definition) is 3. The van der Waals surface area contributed by atoms with Gasteiger partial charge in [0, 0.05) is 18.5 Å². The lowest BCUT2D eigenvalue weighted by atomic mass is 10.2.